The van der Waals surface area contributed by atoms with Crippen LogP contribution in [0.4, 0.5) is 0 Å². The lowest BCUT2D eigenvalue weighted by atomic mass is 10.1. The van der Waals surface area contributed by atoms with Crippen LogP contribution in [0.25, 0.3) is 10.9 Å². The molecule has 0 fully saturated rings. The van der Waals surface area contributed by atoms with E-state index in [-0.39, 0.29) is 24.2 Å². The first-order valence-corrected chi connectivity index (χ1v) is 7.25. The van der Waals surface area contributed by atoms with Crippen molar-refractivity contribution >= 4 is 22.7 Å². The first kappa shape index (κ1) is 15.1. The molecule has 1 atom stereocenters. The molecular formula is C16H21N3O2. The molecule has 0 aliphatic carbocycles. The maximum absolute atomic E-state index is 11.9. The summed E-state index contributed by atoms with van der Waals surface area (Å²) in [5.74, 6) is -0.468. The van der Waals surface area contributed by atoms with Crippen LogP contribution in [0.15, 0.2) is 30.5 Å². The second-order valence-corrected chi connectivity index (χ2v) is 5.26. The SMILES string of the molecule is CCCC(C)C(=O)NNC(=O)Cc1c[nH]c2ccccc12. The van der Waals surface area contributed by atoms with Gasteiger partial charge in [-0.2, -0.15) is 0 Å². The molecule has 0 saturated carbocycles. The molecule has 2 aromatic rings. The number of carbonyl (C=O) groups excluding carboxylic acids is 2. The zero-order valence-corrected chi connectivity index (χ0v) is 12.4. The molecule has 0 aliphatic rings. The first-order chi connectivity index (χ1) is 10.1. The van der Waals surface area contributed by atoms with Crippen molar-refractivity contribution in [1.29, 1.82) is 0 Å². The molecule has 21 heavy (non-hydrogen) atoms. The number of rotatable bonds is 5. The molecule has 0 aliphatic heterocycles. The number of nitrogens with one attached hydrogen (secondary N) is 3. The Morgan fingerprint density at radius 2 is 2.00 bits per heavy atom. The predicted octanol–water partition coefficient (Wildman–Crippen LogP) is 2.29. The van der Waals surface area contributed by atoms with Gasteiger partial charge in [-0.25, -0.2) is 0 Å². The summed E-state index contributed by atoms with van der Waals surface area (Å²) in [7, 11) is 0. The summed E-state index contributed by atoms with van der Waals surface area (Å²) >= 11 is 0. The number of benzene rings is 1. The Morgan fingerprint density at radius 3 is 2.76 bits per heavy atom. The molecule has 2 rings (SSSR count). The van der Waals surface area contributed by atoms with Gasteiger partial charge in [-0.1, -0.05) is 38.5 Å². The van der Waals surface area contributed by atoms with Crippen molar-refractivity contribution in [1.82, 2.24) is 15.8 Å². The summed E-state index contributed by atoms with van der Waals surface area (Å²) < 4.78 is 0. The second-order valence-electron chi connectivity index (χ2n) is 5.26. The Kier molecular flexibility index (Phi) is 4.98. The Morgan fingerprint density at radius 1 is 1.24 bits per heavy atom. The number of para-hydroxylation sites is 1. The fourth-order valence-corrected chi connectivity index (χ4v) is 2.31. The number of aromatic amines is 1. The van der Waals surface area contributed by atoms with Crippen molar-refractivity contribution in [3.8, 4) is 0 Å². The van der Waals surface area contributed by atoms with E-state index in [9.17, 15) is 9.59 Å². The minimum absolute atomic E-state index is 0.0941. The maximum atomic E-state index is 11.9. The zero-order chi connectivity index (χ0) is 15.2. The largest absolute Gasteiger partial charge is 0.361 e. The standard InChI is InChI=1S/C16H21N3O2/c1-3-6-11(2)16(21)19-18-15(20)9-12-10-17-14-8-5-4-7-13(12)14/h4-5,7-8,10-11,17H,3,6,9H2,1-2H3,(H,18,20)(H,19,21). The van der Waals surface area contributed by atoms with Gasteiger partial charge in [0.2, 0.25) is 11.8 Å². The van der Waals surface area contributed by atoms with E-state index in [1.54, 1.807) is 0 Å². The fraction of sp³-hybridized carbons (Fsp3) is 0.375. The summed E-state index contributed by atoms with van der Waals surface area (Å²) in [6, 6.07) is 7.81. The van der Waals surface area contributed by atoms with Gasteiger partial charge in [0.15, 0.2) is 0 Å². The minimum Gasteiger partial charge on any atom is -0.361 e. The Bertz CT molecular complexity index is 633. The lowest BCUT2D eigenvalue weighted by Crippen LogP contribution is -2.44. The second kappa shape index (κ2) is 6.92. The number of aromatic nitrogens is 1. The lowest BCUT2D eigenvalue weighted by Gasteiger charge is -2.11. The van der Waals surface area contributed by atoms with Gasteiger partial charge >= 0.3 is 0 Å². The molecule has 1 aromatic carbocycles. The van der Waals surface area contributed by atoms with Crippen LogP contribution in [-0.4, -0.2) is 16.8 Å². The fourth-order valence-electron chi connectivity index (χ4n) is 2.31. The molecule has 0 spiro atoms. The zero-order valence-electron chi connectivity index (χ0n) is 12.4. The van der Waals surface area contributed by atoms with E-state index in [0.717, 1.165) is 29.3 Å². The van der Waals surface area contributed by atoms with E-state index in [2.05, 4.69) is 15.8 Å². The predicted molar refractivity (Wildman–Crippen MR) is 82.4 cm³/mol. The van der Waals surface area contributed by atoms with E-state index in [1.807, 2.05) is 44.3 Å². The van der Waals surface area contributed by atoms with Crippen molar-refractivity contribution in [2.45, 2.75) is 33.1 Å². The summed E-state index contributed by atoms with van der Waals surface area (Å²) in [5, 5.41) is 1.03. The first-order valence-electron chi connectivity index (χ1n) is 7.25. The summed E-state index contributed by atoms with van der Waals surface area (Å²) in [5.41, 5.74) is 6.87. The van der Waals surface area contributed by atoms with Crippen LogP contribution in [0.1, 0.15) is 32.3 Å². The third-order valence-electron chi connectivity index (χ3n) is 3.52. The summed E-state index contributed by atoms with van der Waals surface area (Å²) in [6.07, 6.45) is 3.81. The van der Waals surface area contributed by atoms with Crippen LogP contribution in [0.5, 0.6) is 0 Å². The average molecular weight is 287 g/mol. The average Bonchev–Trinajstić information content (AvgIpc) is 2.88. The highest BCUT2D eigenvalue weighted by Crippen LogP contribution is 2.17. The minimum atomic E-state index is -0.225. The van der Waals surface area contributed by atoms with Gasteiger partial charge in [-0.05, 0) is 18.1 Å². The van der Waals surface area contributed by atoms with Gasteiger partial charge < -0.3 is 4.98 Å². The molecule has 1 aromatic heterocycles. The van der Waals surface area contributed by atoms with Crippen molar-refractivity contribution in [3.05, 3.63) is 36.0 Å². The van der Waals surface area contributed by atoms with E-state index in [1.165, 1.54) is 0 Å². The van der Waals surface area contributed by atoms with Gasteiger partial charge in [-0.3, -0.25) is 20.4 Å². The molecule has 5 nitrogen and oxygen atoms in total. The number of amides is 2. The number of hydrogen-bond donors (Lipinski definition) is 3. The lowest BCUT2D eigenvalue weighted by molar-refractivity contribution is -0.130. The van der Waals surface area contributed by atoms with E-state index < -0.39 is 0 Å². The van der Waals surface area contributed by atoms with Crippen LogP contribution in [0.2, 0.25) is 0 Å². The van der Waals surface area contributed by atoms with E-state index in [4.69, 9.17) is 0 Å². The number of hydrogen-bond acceptors (Lipinski definition) is 2. The number of carbonyl (C=O) groups is 2. The van der Waals surface area contributed by atoms with Crippen LogP contribution in [-0.2, 0) is 16.0 Å². The van der Waals surface area contributed by atoms with Crippen LogP contribution < -0.4 is 10.9 Å². The molecule has 1 heterocycles. The Balaban J connectivity index is 1.89. The molecule has 0 saturated heterocycles. The quantitative estimate of drug-likeness (QED) is 0.738. The molecule has 1 unspecified atom stereocenters. The molecule has 0 bridgehead atoms. The van der Waals surface area contributed by atoms with Gasteiger partial charge in [-0.15, -0.1) is 0 Å². The molecule has 3 N–H and O–H groups in total. The molecule has 5 heteroatoms. The highest BCUT2D eigenvalue weighted by atomic mass is 16.2. The van der Waals surface area contributed by atoms with E-state index in [0.29, 0.717) is 0 Å². The number of hydrazine groups is 1. The molecule has 2 amide bonds. The highest BCUT2D eigenvalue weighted by molar-refractivity contribution is 5.89. The molecular weight excluding hydrogens is 266 g/mol. The molecule has 0 radical (unpaired) electrons. The number of H-pyrrole nitrogens is 1. The maximum Gasteiger partial charge on any atom is 0.242 e. The smallest absolute Gasteiger partial charge is 0.242 e. The Labute approximate surface area is 124 Å². The van der Waals surface area contributed by atoms with Crippen molar-refractivity contribution in [2.24, 2.45) is 5.92 Å². The van der Waals surface area contributed by atoms with Gasteiger partial charge in [0, 0.05) is 23.0 Å². The number of fused-ring (bicyclic) bond motifs is 1. The van der Waals surface area contributed by atoms with Crippen LogP contribution >= 0.6 is 0 Å². The molecule has 112 valence electrons. The summed E-state index contributed by atoms with van der Waals surface area (Å²) in [4.78, 5) is 26.7. The van der Waals surface area contributed by atoms with Crippen molar-refractivity contribution < 1.29 is 9.59 Å². The van der Waals surface area contributed by atoms with E-state index >= 15 is 0 Å². The summed E-state index contributed by atoms with van der Waals surface area (Å²) in [6.45, 7) is 3.88. The van der Waals surface area contributed by atoms with Gasteiger partial charge in [0.1, 0.15) is 0 Å². The van der Waals surface area contributed by atoms with Crippen LogP contribution in [0, 0.1) is 5.92 Å². The van der Waals surface area contributed by atoms with Gasteiger partial charge in [0.05, 0.1) is 6.42 Å². The third-order valence-corrected chi connectivity index (χ3v) is 3.52. The highest BCUT2D eigenvalue weighted by Gasteiger charge is 2.13. The normalized spacial score (nSPS) is 12.1. The van der Waals surface area contributed by atoms with Crippen molar-refractivity contribution in [2.75, 3.05) is 0 Å². The van der Waals surface area contributed by atoms with Crippen LogP contribution in [0.3, 0.4) is 0 Å². The topological polar surface area (TPSA) is 74.0 Å². The Hall–Kier alpha value is -2.30. The monoisotopic (exact) mass is 287 g/mol. The third kappa shape index (κ3) is 3.84. The van der Waals surface area contributed by atoms with Crippen molar-refractivity contribution in [3.63, 3.8) is 0 Å². The van der Waals surface area contributed by atoms with Gasteiger partial charge in [0.25, 0.3) is 0 Å².